The smallest absolute Gasteiger partial charge is 0.305 e. The molecule has 454 valence electrons. The van der Waals surface area contributed by atoms with E-state index in [1.165, 1.54) is 302 Å². The summed E-state index contributed by atoms with van der Waals surface area (Å²) in [4.78, 5) is 24.5. The van der Waals surface area contributed by atoms with Gasteiger partial charge in [0.25, 0.3) is 0 Å². The van der Waals surface area contributed by atoms with Crippen LogP contribution in [0.4, 0.5) is 0 Å². The molecule has 6 nitrogen and oxygen atoms in total. The first-order valence-corrected chi connectivity index (χ1v) is 34.8. The number of aliphatic hydroxyl groups excluding tert-OH is 2. The Morgan fingerprint density at radius 1 is 0.364 bits per heavy atom. The third-order valence-electron chi connectivity index (χ3n) is 16.2. The van der Waals surface area contributed by atoms with Gasteiger partial charge in [-0.25, -0.2) is 0 Å². The molecule has 2 atom stereocenters. The first-order chi connectivity index (χ1) is 38.0. The lowest BCUT2D eigenvalue weighted by molar-refractivity contribution is -0.143. The summed E-state index contributed by atoms with van der Waals surface area (Å²) in [5, 5.41) is 23.1. The second-order valence-corrected chi connectivity index (χ2v) is 23.9. The molecular formula is C71H135NO5. The summed E-state index contributed by atoms with van der Waals surface area (Å²) in [6.45, 7) is 4.87. The van der Waals surface area contributed by atoms with E-state index in [-0.39, 0.29) is 18.5 Å². The maximum absolute atomic E-state index is 12.4. The van der Waals surface area contributed by atoms with Gasteiger partial charge in [-0.3, -0.25) is 9.59 Å². The lowest BCUT2D eigenvalue weighted by Crippen LogP contribution is -2.45. The predicted octanol–water partition coefficient (Wildman–Crippen LogP) is 22.3. The molecule has 0 bridgehead atoms. The van der Waals surface area contributed by atoms with Gasteiger partial charge in [0.15, 0.2) is 0 Å². The van der Waals surface area contributed by atoms with Crippen molar-refractivity contribution in [2.24, 2.45) is 0 Å². The Bertz CT molecular complexity index is 1250. The number of amides is 1. The first-order valence-electron chi connectivity index (χ1n) is 34.8. The summed E-state index contributed by atoms with van der Waals surface area (Å²) < 4.78 is 5.48. The van der Waals surface area contributed by atoms with E-state index in [2.05, 4.69) is 43.5 Å². The summed E-state index contributed by atoms with van der Waals surface area (Å²) in [6, 6.07) is -0.622. The van der Waals surface area contributed by atoms with Gasteiger partial charge >= 0.3 is 5.97 Å². The normalized spacial score (nSPS) is 12.7. The third kappa shape index (κ3) is 63.1. The fourth-order valence-corrected chi connectivity index (χ4v) is 10.8. The number of carbonyl (C=O) groups excluding carboxylic acids is 2. The summed E-state index contributed by atoms with van der Waals surface area (Å²) in [5.41, 5.74) is 0. The number of allylic oxidation sites excluding steroid dienone is 5. The van der Waals surface area contributed by atoms with Crippen LogP contribution in [0, 0.1) is 0 Å². The lowest BCUT2D eigenvalue weighted by atomic mass is 10.0. The van der Waals surface area contributed by atoms with Crippen LogP contribution in [-0.2, 0) is 14.3 Å². The molecule has 0 radical (unpaired) electrons. The molecule has 77 heavy (non-hydrogen) atoms. The molecule has 0 aliphatic rings. The molecule has 0 rings (SSSR count). The number of unbranched alkanes of at least 4 members (excludes halogenated alkanes) is 50. The molecule has 0 aromatic rings. The van der Waals surface area contributed by atoms with E-state index >= 15 is 0 Å². The van der Waals surface area contributed by atoms with Crippen molar-refractivity contribution in [1.29, 1.82) is 0 Å². The molecule has 0 saturated carbocycles. The van der Waals surface area contributed by atoms with Crippen LogP contribution in [0.5, 0.6) is 0 Å². The van der Waals surface area contributed by atoms with Crippen LogP contribution in [-0.4, -0.2) is 47.4 Å². The van der Waals surface area contributed by atoms with Crippen molar-refractivity contribution < 1.29 is 24.5 Å². The van der Waals surface area contributed by atoms with Crippen molar-refractivity contribution in [3.8, 4) is 0 Å². The summed E-state index contributed by atoms with van der Waals surface area (Å²) in [6.07, 6.45) is 85.3. The minimum Gasteiger partial charge on any atom is -0.466 e. The van der Waals surface area contributed by atoms with E-state index < -0.39 is 12.1 Å². The second kappa shape index (κ2) is 66.6. The highest BCUT2D eigenvalue weighted by molar-refractivity contribution is 5.76. The molecule has 1 amide bonds. The number of hydrogen-bond acceptors (Lipinski definition) is 5. The Kier molecular flexibility index (Phi) is 64.9. The van der Waals surface area contributed by atoms with E-state index in [9.17, 15) is 19.8 Å². The Balaban J connectivity index is 3.30. The van der Waals surface area contributed by atoms with Crippen LogP contribution in [0.25, 0.3) is 0 Å². The standard InChI is InChI=1S/C71H135NO5/c1-3-5-7-9-11-13-15-16-41-45-49-53-57-61-65-71(76)77-66-62-58-54-50-46-42-39-37-35-33-31-29-27-25-23-21-19-17-18-20-22-24-26-28-30-32-34-36-38-40-44-48-52-56-60-64-70(75)72-68(67-73)69(74)63-59-55-51-47-43-14-12-10-8-6-4-2/h9,11,15-16,59,63,68-69,73-74H,3-8,10,12-14,17-58,60-62,64-67H2,1-2H3,(H,72,75)/b11-9-,16-15-,63-59+. The number of carbonyl (C=O) groups is 2. The Hall–Kier alpha value is -1.92. The van der Waals surface area contributed by atoms with Crippen molar-refractivity contribution in [3.63, 3.8) is 0 Å². The Morgan fingerprint density at radius 3 is 1.03 bits per heavy atom. The molecule has 0 heterocycles. The average Bonchev–Trinajstić information content (AvgIpc) is 3.43. The van der Waals surface area contributed by atoms with Gasteiger partial charge in [0, 0.05) is 12.8 Å². The topological polar surface area (TPSA) is 95.9 Å². The van der Waals surface area contributed by atoms with Crippen LogP contribution < -0.4 is 5.32 Å². The number of esters is 1. The predicted molar refractivity (Wildman–Crippen MR) is 338 cm³/mol. The fourth-order valence-electron chi connectivity index (χ4n) is 10.8. The van der Waals surface area contributed by atoms with Crippen molar-refractivity contribution in [3.05, 3.63) is 36.5 Å². The van der Waals surface area contributed by atoms with Crippen molar-refractivity contribution in [2.75, 3.05) is 13.2 Å². The fraction of sp³-hybridized carbons (Fsp3) is 0.887. The summed E-state index contributed by atoms with van der Waals surface area (Å²) >= 11 is 0. The van der Waals surface area contributed by atoms with Gasteiger partial charge in [-0.15, -0.1) is 0 Å². The SMILES string of the molecule is CCCC/C=C\C/C=C\CCCCCCCC(=O)OCCCCCCCCCCCCCCCCCCCCCCCCCCCCCCCCCCCCCC(=O)NC(CO)C(O)/C=C/CCCCCCCCCCC. The molecule has 0 aliphatic heterocycles. The van der Waals surface area contributed by atoms with Crippen LogP contribution in [0.2, 0.25) is 0 Å². The molecule has 0 aromatic carbocycles. The van der Waals surface area contributed by atoms with Gasteiger partial charge in [-0.05, 0) is 57.8 Å². The van der Waals surface area contributed by atoms with Crippen LogP contribution in [0.3, 0.4) is 0 Å². The third-order valence-corrected chi connectivity index (χ3v) is 16.2. The molecule has 0 aromatic heterocycles. The minimum absolute atomic E-state index is 0.00777. The van der Waals surface area contributed by atoms with Crippen LogP contribution in [0.1, 0.15) is 380 Å². The number of ether oxygens (including phenoxy) is 1. The van der Waals surface area contributed by atoms with E-state index in [0.29, 0.717) is 19.4 Å². The molecule has 0 aliphatic carbocycles. The highest BCUT2D eigenvalue weighted by atomic mass is 16.5. The van der Waals surface area contributed by atoms with Crippen molar-refractivity contribution in [1.82, 2.24) is 5.32 Å². The lowest BCUT2D eigenvalue weighted by Gasteiger charge is -2.20. The van der Waals surface area contributed by atoms with Crippen molar-refractivity contribution in [2.45, 2.75) is 392 Å². The van der Waals surface area contributed by atoms with E-state index in [1.807, 2.05) is 6.08 Å². The molecular weight excluding hydrogens is 947 g/mol. The zero-order valence-corrected chi connectivity index (χ0v) is 52.0. The van der Waals surface area contributed by atoms with Gasteiger partial charge in [0.2, 0.25) is 5.91 Å². The largest absolute Gasteiger partial charge is 0.466 e. The summed E-state index contributed by atoms with van der Waals surface area (Å²) in [5.74, 6) is -0.0549. The Morgan fingerprint density at radius 2 is 0.662 bits per heavy atom. The number of nitrogens with one attached hydrogen (secondary N) is 1. The average molecular weight is 1080 g/mol. The first kappa shape index (κ1) is 75.1. The van der Waals surface area contributed by atoms with Crippen molar-refractivity contribution >= 4 is 11.9 Å². The van der Waals surface area contributed by atoms with Gasteiger partial charge in [-0.1, -0.05) is 346 Å². The van der Waals surface area contributed by atoms with E-state index in [4.69, 9.17) is 4.74 Å². The maximum Gasteiger partial charge on any atom is 0.305 e. The van der Waals surface area contributed by atoms with E-state index in [1.54, 1.807) is 6.08 Å². The van der Waals surface area contributed by atoms with Gasteiger partial charge < -0.3 is 20.3 Å². The molecule has 0 spiro atoms. The highest BCUT2D eigenvalue weighted by Gasteiger charge is 2.18. The Labute approximate surface area is 481 Å². The maximum atomic E-state index is 12.4. The van der Waals surface area contributed by atoms with Crippen LogP contribution >= 0.6 is 0 Å². The number of rotatable bonds is 65. The van der Waals surface area contributed by atoms with Gasteiger partial charge in [0.05, 0.1) is 25.4 Å². The summed E-state index contributed by atoms with van der Waals surface area (Å²) in [7, 11) is 0. The molecule has 6 heteroatoms. The molecule has 2 unspecified atom stereocenters. The van der Waals surface area contributed by atoms with Gasteiger partial charge in [-0.2, -0.15) is 0 Å². The van der Waals surface area contributed by atoms with E-state index in [0.717, 1.165) is 51.4 Å². The van der Waals surface area contributed by atoms with Crippen LogP contribution in [0.15, 0.2) is 36.5 Å². The van der Waals surface area contributed by atoms with Gasteiger partial charge in [0.1, 0.15) is 0 Å². The number of hydrogen-bond donors (Lipinski definition) is 3. The zero-order valence-electron chi connectivity index (χ0n) is 52.0. The molecule has 3 N–H and O–H groups in total. The minimum atomic E-state index is -0.839. The molecule has 0 saturated heterocycles. The molecule has 0 fully saturated rings. The quantitative estimate of drug-likeness (QED) is 0.0320. The monoisotopic (exact) mass is 1080 g/mol. The zero-order chi connectivity index (χ0) is 55.7. The second-order valence-electron chi connectivity index (χ2n) is 23.9. The number of aliphatic hydroxyl groups is 2. The highest BCUT2D eigenvalue weighted by Crippen LogP contribution is 2.19.